The highest BCUT2D eigenvalue weighted by Crippen LogP contribution is 2.35. The Morgan fingerprint density at radius 1 is 1.02 bits per heavy atom. The molecule has 0 saturated carbocycles. The Morgan fingerprint density at radius 3 is 2.58 bits per heavy atom. The molecule has 2 aliphatic heterocycles. The number of hydrogen-bond acceptors (Lipinski definition) is 6. The molecule has 43 heavy (non-hydrogen) atoms. The van der Waals surface area contributed by atoms with Gasteiger partial charge in [0.25, 0.3) is 5.03 Å². The summed E-state index contributed by atoms with van der Waals surface area (Å²) in [5.41, 5.74) is 2.07. The second-order valence-corrected chi connectivity index (χ2v) is 12.2. The number of fused-ring (bicyclic) bond motifs is 2. The lowest BCUT2D eigenvalue weighted by Crippen LogP contribution is -2.45. The summed E-state index contributed by atoms with van der Waals surface area (Å²) >= 11 is -1.57. The van der Waals surface area contributed by atoms with Crippen molar-refractivity contribution in [3.05, 3.63) is 83.3 Å². The van der Waals surface area contributed by atoms with Gasteiger partial charge in [0.2, 0.25) is 0 Å². The smallest absolute Gasteiger partial charge is 0.416 e. The molecule has 13 heteroatoms. The van der Waals surface area contributed by atoms with E-state index in [-0.39, 0.29) is 24.3 Å². The summed E-state index contributed by atoms with van der Waals surface area (Å²) in [6.45, 7) is 6.96. The van der Waals surface area contributed by atoms with Gasteiger partial charge in [0.05, 0.1) is 5.56 Å². The number of alkyl halides is 3. The fourth-order valence-corrected chi connectivity index (χ4v) is 6.84. The van der Waals surface area contributed by atoms with Crippen LogP contribution in [-0.2, 0) is 36.9 Å². The summed E-state index contributed by atoms with van der Waals surface area (Å²) in [5.74, 6) is 0. The SMILES string of the molecule is CCN1CCN(Cc2ccc(NC(=O)N3CCc4ccc([S+]([O-])c5ncnn6cccc56)cc4C3)cc2C(F)(F)F)CC1. The largest absolute Gasteiger partial charge is 0.605 e. The highest BCUT2D eigenvalue weighted by Gasteiger charge is 2.35. The van der Waals surface area contributed by atoms with Gasteiger partial charge in [0.15, 0.2) is 4.90 Å². The fraction of sp³-hybridized carbons (Fsp3) is 0.367. The number of urea groups is 1. The summed E-state index contributed by atoms with van der Waals surface area (Å²) in [4.78, 5) is 23.8. The van der Waals surface area contributed by atoms with Gasteiger partial charge in [-0.2, -0.15) is 23.3 Å². The summed E-state index contributed by atoms with van der Waals surface area (Å²) in [7, 11) is 0. The van der Waals surface area contributed by atoms with Crippen LogP contribution in [0.4, 0.5) is 23.7 Å². The first-order valence-electron chi connectivity index (χ1n) is 14.2. The average molecular weight is 612 g/mol. The molecule has 0 radical (unpaired) electrons. The molecule has 4 aromatic rings. The molecule has 0 spiro atoms. The Kier molecular flexibility index (Phi) is 8.32. The van der Waals surface area contributed by atoms with Gasteiger partial charge in [0.1, 0.15) is 11.8 Å². The van der Waals surface area contributed by atoms with Crippen molar-refractivity contribution in [1.82, 2.24) is 29.3 Å². The molecule has 6 rings (SSSR count). The van der Waals surface area contributed by atoms with Gasteiger partial charge in [-0.15, -0.1) is 0 Å². The number of nitrogens with zero attached hydrogens (tertiary/aromatic N) is 6. The number of halogens is 3. The van der Waals surface area contributed by atoms with E-state index in [0.29, 0.717) is 41.5 Å². The van der Waals surface area contributed by atoms with E-state index in [2.05, 4.69) is 27.2 Å². The highest BCUT2D eigenvalue weighted by atomic mass is 32.2. The maximum Gasteiger partial charge on any atom is 0.416 e. The lowest BCUT2D eigenvalue weighted by molar-refractivity contribution is -0.138. The predicted molar refractivity (Wildman–Crippen MR) is 156 cm³/mol. The molecule has 1 unspecified atom stereocenters. The molecule has 4 heterocycles. The molecule has 0 aliphatic carbocycles. The molecule has 1 atom stereocenters. The number of likely N-dealkylation sites (N-methyl/N-ethyl adjacent to an activating group) is 1. The van der Waals surface area contributed by atoms with Crippen LogP contribution in [0.2, 0.25) is 0 Å². The summed E-state index contributed by atoms with van der Waals surface area (Å²) in [6.07, 6.45) is -0.867. The van der Waals surface area contributed by atoms with E-state index in [1.54, 1.807) is 33.8 Å². The van der Waals surface area contributed by atoms with E-state index in [4.69, 9.17) is 0 Å². The number of carbonyl (C=O) groups excluding carboxylic acids is 1. The Bertz CT molecular complexity index is 1620. The van der Waals surface area contributed by atoms with E-state index in [1.807, 2.05) is 17.0 Å². The first kappa shape index (κ1) is 29.4. The Labute approximate surface area is 250 Å². The standard InChI is InChI=1S/C30H32F3N7O2S/c1-2-37-12-14-38(15-13-37)18-22-5-7-24(17-26(22)30(31,32)33)36-29(41)39-11-9-21-6-8-25(16-23(21)19-39)43(42)28-27-4-3-10-40(27)35-20-34-28/h3-8,10,16-17,20H,2,9,11-15,18-19H2,1H3,(H,36,41). The third-order valence-electron chi connectivity index (χ3n) is 8.14. The minimum atomic E-state index is -4.55. The number of nitrogens with one attached hydrogen (secondary N) is 1. The molecule has 1 saturated heterocycles. The zero-order chi connectivity index (χ0) is 30.1. The summed E-state index contributed by atoms with van der Waals surface area (Å²) in [6, 6.07) is 12.7. The molecule has 226 valence electrons. The monoisotopic (exact) mass is 611 g/mol. The highest BCUT2D eigenvalue weighted by molar-refractivity contribution is 7.91. The molecule has 1 fully saturated rings. The van der Waals surface area contributed by atoms with Gasteiger partial charge in [-0.1, -0.05) is 19.1 Å². The number of benzene rings is 2. The topological polar surface area (TPSA) is 92.1 Å². The molecule has 1 N–H and O–H groups in total. The lowest BCUT2D eigenvalue weighted by atomic mass is 10.0. The summed E-state index contributed by atoms with van der Waals surface area (Å²) < 4.78 is 57.2. The van der Waals surface area contributed by atoms with E-state index in [1.165, 1.54) is 18.5 Å². The first-order chi connectivity index (χ1) is 20.7. The second kappa shape index (κ2) is 12.2. The van der Waals surface area contributed by atoms with Crippen molar-refractivity contribution >= 4 is 28.4 Å². The van der Waals surface area contributed by atoms with Gasteiger partial charge < -0.3 is 19.7 Å². The molecular formula is C30H32F3N7O2S. The third kappa shape index (κ3) is 6.35. The quantitative estimate of drug-likeness (QED) is 0.320. The van der Waals surface area contributed by atoms with Crippen LogP contribution in [0.25, 0.3) is 5.52 Å². The fourth-order valence-electron chi connectivity index (χ4n) is 5.68. The molecule has 9 nitrogen and oxygen atoms in total. The molecule has 2 aromatic carbocycles. The maximum atomic E-state index is 14.1. The average Bonchev–Trinajstić information content (AvgIpc) is 3.50. The predicted octanol–water partition coefficient (Wildman–Crippen LogP) is 4.64. The number of piperazine rings is 1. The molecule has 2 aromatic heterocycles. The number of anilines is 1. The van der Waals surface area contributed by atoms with Crippen LogP contribution >= 0.6 is 0 Å². The van der Waals surface area contributed by atoms with E-state index in [9.17, 15) is 22.5 Å². The third-order valence-corrected chi connectivity index (χ3v) is 9.49. The molecule has 2 aliphatic rings. The van der Waals surface area contributed by atoms with Crippen LogP contribution in [0.15, 0.2) is 71.0 Å². The van der Waals surface area contributed by atoms with Gasteiger partial charge in [-0.25, -0.2) is 9.31 Å². The molecule has 0 bridgehead atoms. The van der Waals surface area contributed by atoms with Crippen molar-refractivity contribution in [3.63, 3.8) is 0 Å². The minimum absolute atomic E-state index is 0.0949. The van der Waals surface area contributed by atoms with Crippen molar-refractivity contribution in [1.29, 1.82) is 0 Å². The van der Waals surface area contributed by atoms with Crippen LogP contribution in [0.1, 0.15) is 29.2 Å². The Hall–Kier alpha value is -3.65. The minimum Gasteiger partial charge on any atom is -0.605 e. The first-order valence-corrected chi connectivity index (χ1v) is 15.4. The van der Waals surface area contributed by atoms with Gasteiger partial charge in [0, 0.05) is 68.9 Å². The zero-order valence-corrected chi connectivity index (χ0v) is 24.5. The normalized spacial score (nSPS) is 17.2. The van der Waals surface area contributed by atoms with Crippen LogP contribution in [0.5, 0.6) is 0 Å². The summed E-state index contributed by atoms with van der Waals surface area (Å²) in [5, 5.41) is 7.17. The number of hydrogen-bond donors (Lipinski definition) is 1. The number of aromatic nitrogens is 3. The van der Waals surface area contributed by atoms with Crippen LogP contribution in [-0.4, -0.2) is 79.2 Å². The van der Waals surface area contributed by atoms with Gasteiger partial charge in [-0.3, -0.25) is 4.90 Å². The Balaban J connectivity index is 1.15. The number of rotatable bonds is 6. The maximum absolute atomic E-state index is 14.1. The second-order valence-electron chi connectivity index (χ2n) is 10.8. The van der Waals surface area contributed by atoms with E-state index < -0.39 is 28.9 Å². The van der Waals surface area contributed by atoms with Crippen molar-refractivity contribution < 1.29 is 22.5 Å². The molecular weight excluding hydrogens is 579 g/mol. The van der Waals surface area contributed by atoms with Crippen molar-refractivity contribution in [3.8, 4) is 0 Å². The van der Waals surface area contributed by atoms with Crippen LogP contribution < -0.4 is 5.32 Å². The Morgan fingerprint density at radius 2 is 1.81 bits per heavy atom. The van der Waals surface area contributed by atoms with E-state index >= 15 is 0 Å². The number of carbonyl (C=O) groups is 1. The molecule has 2 amide bonds. The van der Waals surface area contributed by atoms with Crippen molar-refractivity contribution in [2.24, 2.45) is 0 Å². The zero-order valence-electron chi connectivity index (χ0n) is 23.7. The van der Waals surface area contributed by atoms with Crippen LogP contribution in [0, 0.1) is 0 Å². The number of amides is 2. The van der Waals surface area contributed by atoms with E-state index in [0.717, 1.165) is 36.8 Å². The van der Waals surface area contributed by atoms with Gasteiger partial charge >= 0.3 is 12.2 Å². The van der Waals surface area contributed by atoms with Crippen molar-refractivity contribution in [2.75, 3.05) is 44.6 Å². The lowest BCUT2D eigenvalue weighted by Gasteiger charge is -2.34. The van der Waals surface area contributed by atoms with Gasteiger partial charge in [-0.05, 0) is 66.1 Å². The van der Waals surface area contributed by atoms with Crippen LogP contribution in [0.3, 0.4) is 0 Å². The van der Waals surface area contributed by atoms with Crippen molar-refractivity contribution in [2.45, 2.75) is 42.5 Å².